The summed E-state index contributed by atoms with van der Waals surface area (Å²) in [6.07, 6.45) is 3.97. The van der Waals surface area contributed by atoms with Crippen LogP contribution in [0.1, 0.15) is 39.5 Å². The first-order valence-corrected chi connectivity index (χ1v) is 6.41. The van der Waals surface area contributed by atoms with Crippen LogP contribution in [0.4, 0.5) is 0 Å². The summed E-state index contributed by atoms with van der Waals surface area (Å²) in [5.41, 5.74) is -0.282. The van der Waals surface area contributed by atoms with E-state index in [2.05, 4.69) is 13.8 Å². The van der Waals surface area contributed by atoms with Gasteiger partial charge in [0.15, 0.2) is 0 Å². The van der Waals surface area contributed by atoms with Crippen LogP contribution in [0, 0.1) is 17.3 Å². The molecule has 1 fully saturated rings. The molecule has 2 N–H and O–H groups in total. The van der Waals surface area contributed by atoms with E-state index in [9.17, 15) is 10.2 Å². The molecule has 1 rings (SSSR count). The van der Waals surface area contributed by atoms with Gasteiger partial charge in [-0.2, -0.15) is 0 Å². The fourth-order valence-electron chi connectivity index (χ4n) is 2.82. The Morgan fingerprint density at radius 1 is 1.19 bits per heavy atom. The first-order valence-electron chi connectivity index (χ1n) is 6.41. The van der Waals surface area contributed by atoms with Gasteiger partial charge in [0.05, 0.1) is 13.2 Å². The molecule has 0 spiro atoms. The predicted octanol–water partition coefficient (Wildman–Crippen LogP) is 1.82. The van der Waals surface area contributed by atoms with Crippen molar-refractivity contribution in [2.24, 2.45) is 17.3 Å². The molecule has 3 nitrogen and oxygen atoms in total. The second-order valence-electron chi connectivity index (χ2n) is 5.67. The zero-order chi connectivity index (χ0) is 12.0. The smallest absolute Gasteiger partial charge is 0.0509 e. The molecule has 0 unspecified atom stereocenters. The van der Waals surface area contributed by atoms with Gasteiger partial charge < -0.3 is 14.9 Å². The summed E-state index contributed by atoms with van der Waals surface area (Å²) < 4.78 is 5.34. The van der Waals surface area contributed by atoms with Crippen molar-refractivity contribution in [2.45, 2.75) is 39.5 Å². The fourth-order valence-corrected chi connectivity index (χ4v) is 2.82. The molecule has 16 heavy (non-hydrogen) atoms. The lowest BCUT2D eigenvalue weighted by Gasteiger charge is -2.36. The molecule has 0 saturated carbocycles. The summed E-state index contributed by atoms with van der Waals surface area (Å²) >= 11 is 0. The molecule has 0 bridgehead atoms. The van der Waals surface area contributed by atoms with E-state index in [0.29, 0.717) is 11.8 Å². The van der Waals surface area contributed by atoms with Gasteiger partial charge in [0.1, 0.15) is 0 Å². The third-order valence-electron chi connectivity index (χ3n) is 3.57. The second-order valence-corrected chi connectivity index (χ2v) is 5.67. The Morgan fingerprint density at radius 3 is 2.19 bits per heavy atom. The highest BCUT2D eigenvalue weighted by molar-refractivity contribution is 4.83. The van der Waals surface area contributed by atoms with E-state index in [-0.39, 0.29) is 18.6 Å². The van der Waals surface area contributed by atoms with E-state index >= 15 is 0 Å². The molecule has 0 aromatic carbocycles. The van der Waals surface area contributed by atoms with Gasteiger partial charge in [-0.05, 0) is 37.5 Å². The molecule has 0 radical (unpaired) electrons. The van der Waals surface area contributed by atoms with Crippen LogP contribution in [0.25, 0.3) is 0 Å². The third-order valence-corrected chi connectivity index (χ3v) is 3.57. The molecule has 0 atom stereocenters. The Balaban J connectivity index is 2.53. The maximum Gasteiger partial charge on any atom is 0.0509 e. The minimum absolute atomic E-state index is 0.0963. The van der Waals surface area contributed by atoms with Crippen molar-refractivity contribution in [1.82, 2.24) is 0 Å². The lowest BCUT2D eigenvalue weighted by atomic mass is 9.73. The summed E-state index contributed by atoms with van der Waals surface area (Å²) in [4.78, 5) is 0. The van der Waals surface area contributed by atoms with Crippen LogP contribution in [0.5, 0.6) is 0 Å². The van der Waals surface area contributed by atoms with E-state index in [0.717, 1.165) is 38.9 Å². The highest BCUT2D eigenvalue weighted by Gasteiger charge is 2.33. The molecule has 1 saturated heterocycles. The Morgan fingerprint density at radius 2 is 1.75 bits per heavy atom. The van der Waals surface area contributed by atoms with Gasteiger partial charge in [0, 0.05) is 18.6 Å². The van der Waals surface area contributed by atoms with Crippen molar-refractivity contribution in [3.63, 3.8) is 0 Å². The maximum absolute atomic E-state index is 9.56. The number of aliphatic hydroxyl groups excluding tert-OH is 2. The zero-order valence-corrected chi connectivity index (χ0v) is 10.6. The number of hydrogen-bond donors (Lipinski definition) is 2. The molecule has 0 aliphatic carbocycles. The lowest BCUT2D eigenvalue weighted by molar-refractivity contribution is -0.00864. The number of ether oxygens (including phenoxy) is 1. The van der Waals surface area contributed by atoms with Gasteiger partial charge in [0.2, 0.25) is 0 Å². The zero-order valence-electron chi connectivity index (χ0n) is 10.6. The van der Waals surface area contributed by atoms with Gasteiger partial charge in [-0.15, -0.1) is 0 Å². The average molecular weight is 230 g/mol. The molecule has 0 amide bonds. The first-order chi connectivity index (χ1) is 7.62. The van der Waals surface area contributed by atoms with Crippen LogP contribution >= 0.6 is 0 Å². The van der Waals surface area contributed by atoms with Gasteiger partial charge in [0.25, 0.3) is 0 Å². The quantitative estimate of drug-likeness (QED) is 0.732. The van der Waals surface area contributed by atoms with Crippen molar-refractivity contribution >= 4 is 0 Å². The van der Waals surface area contributed by atoms with Gasteiger partial charge >= 0.3 is 0 Å². The summed E-state index contributed by atoms with van der Waals surface area (Å²) in [5.74, 6) is 1.12. The largest absolute Gasteiger partial charge is 0.396 e. The summed E-state index contributed by atoms with van der Waals surface area (Å²) in [7, 11) is 0. The summed E-state index contributed by atoms with van der Waals surface area (Å²) in [6.45, 7) is 6.14. The molecular formula is C13H26O3. The fraction of sp³-hybridized carbons (Fsp3) is 1.00. The number of aliphatic hydroxyl groups is 2. The Labute approximate surface area is 98.8 Å². The van der Waals surface area contributed by atoms with Crippen molar-refractivity contribution in [1.29, 1.82) is 0 Å². The number of rotatable bonds is 6. The summed E-state index contributed by atoms with van der Waals surface area (Å²) in [6, 6.07) is 0. The monoisotopic (exact) mass is 230 g/mol. The topological polar surface area (TPSA) is 49.7 Å². The number of hydrogen-bond acceptors (Lipinski definition) is 3. The van der Waals surface area contributed by atoms with Gasteiger partial charge in [-0.3, -0.25) is 0 Å². The van der Waals surface area contributed by atoms with E-state index in [1.807, 2.05) is 0 Å². The third kappa shape index (κ3) is 4.04. The van der Waals surface area contributed by atoms with Crippen molar-refractivity contribution in [3.8, 4) is 0 Å². The van der Waals surface area contributed by atoms with Crippen molar-refractivity contribution < 1.29 is 14.9 Å². The molecule has 0 aromatic heterocycles. The Bertz CT molecular complexity index is 182. The van der Waals surface area contributed by atoms with Crippen LogP contribution < -0.4 is 0 Å². The van der Waals surface area contributed by atoms with Gasteiger partial charge in [-0.1, -0.05) is 13.8 Å². The molecule has 1 heterocycles. The highest BCUT2D eigenvalue weighted by atomic mass is 16.5. The van der Waals surface area contributed by atoms with E-state index < -0.39 is 0 Å². The molecule has 3 heteroatoms. The maximum atomic E-state index is 9.56. The van der Waals surface area contributed by atoms with E-state index in [1.165, 1.54) is 0 Å². The SMILES string of the molecule is CC(C)CC(CO)(CO)CC1CCOCC1. The van der Waals surface area contributed by atoms with E-state index in [4.69, 9.17) is 4.74 Å². The van der Waals surface area contributed by atoms with Gasteiger partial charge in [-0.25, -0.2) is 0 Å². The molecule has 1 aliphatic rings. The molecule has 1 aliphatic heterocycles. The first kappa shape index (κ1) is 13.9. The second kappa shape index (κ2) is 6.58. The minimum Gasteiger partial charge on any atom is -0.396 e. The highest BCUT2D eigenvalue weighted by Crippen LogP contribution is 2.36. The van der Waals surface area contributed by atoms with Crippen LogP contribution in [0.15, 0.2) is 0 Å². The van der Waals surface area contributed by atoms with Crippen LogP contribution in [0.2, 0.25) is 0 Å². The van der Waals surface area contributed by atoms with Crippen LogP contribution in [-0.4, -0.2) is 36.6 Å². The normalized spacial score (nSPS) is 19.3. The molecule has 0 aromatic rings. The van der Waals surface area contributed by atoms with Crippen molar-refractivity contribution in [2.75, 3.05) is 26.4 Å². The average Bonchev–Trinajstić information content (AvgIpc) is 2.29. The predicted molar refractivity (Wildman–Crippen MR) is 64.2 cm³/mol. The van der Waals surface area contributed by atoms with Crippen LogP contribution in [0.3, 0.4) is 0 Å². The standard InChI is InChI=1S/C13H26O3/c1-11(2)7-13(9-14,10-15)8-12-3-5-16-6-4-12/h11-12,14-15H,3-10H2,1-2H3. The van der Waals surface area contributed by atoms with Crippen LogP contribution in [-0.2, 0) is 4.74 Å². The molecule has 96 valence electrons. The summed E-state index contributed by atoms with van der Waals surface area (Å²) in [5, 5.41) is 19.1. The molecular weight excluding hydrogens is 204 g/mol. The Hall–Kier alpha value is -0.120. The minimum atomic E-state index is -0.282. The Kier molecular flexibility index (Phi) is 5.73. The van der Waals surface area contributed by atoms with Crippen molar-refractivity contribution in [3.05, 3.63) is 0 Å². The van der Waals surface area contributed by atoms with E-state index in [1.54, 1.807) is 0 Å². The lowest BCUT2D eigenvalue weighted by Crippen LogP contribution is -2.35.